The molecule has 1 aliphatic carbocycles. The predicted molar refractivity (Wildman–Crippen MR) is 113 cm³/mol. The second-order valence-electron chi connectivity index (χ2n) is 7.77. The highest BCUT2D eigenvalue weighted by Gasteiger charge is 2.55. The zero-order chi connectivity index (χ0) is 20.7. The molecular formula is C26H20FNO2. The number of allylic oxidation sites excluding steroid dienone is 2. The van der Waals surface area contributed by atoms with Gasteiger partial charge in [0.1, 0.15) is 5.82 Å². The molecule has 0 spiro atoms. The minimum absolute atomic E-state index is 0.0283. The van der Waals surface area contributed by atoms with Crippen LogP contribution in [0.4, 0.5) is 10.1 Å². The number of para-hydroxylation sites is 1. The van der Waals surface area contributed by atoms with Gasteiger partial charge < -0.3 is 0 Å². The summed E-state index contributed by atoms with van der Waals surface area (Å²) < 4.78 is 14.5. The van der Waals surface area contributed by atoms with Gasteiger partial charge in [0.15, 0.2) is 0 Å². The molecule has 3 nitrogen and oxygen atoms in total. The molecule has 1 aliphatic heterocycles. The molecule has 5 rings (SSSR count). The summed E-state index contributed by atoms with van der Waals surface area (Å²) in [5, 5.41) is 0. The van der Waals surface area contributed by atoms with Crippen LogP contribution in [0.25, 0.3) is 0 Å². The van der Waals surface area contributed by atoms with Gasteiger partial charge >= 0.3 is 0 Å². The van der Waals surface area contributed by atoms with Crippen molar-refractivity contribution in [2.45, 2.75) is 11.8 Å². The minimum Gasteiger partial charge on any atom is -0.274 e. The van der Waals surface area contributed by atoms with E-state index in [9.17, 15) is 14.0 Å². The van der Waals surface area contributed by atoms with Crippen LogP contribution in [0.1, 0.15) is 23.0 Å². The molecule has 0 unspecified atom stereocenters. The van der Waals surface area contributed by atoms with Gasteiger partial charge in [-0.2, -0.15) is 0 Å². The average Bonchev–Trinajstić information content (AvgIpc) is 3.06. The van der Waals surface area contributed by atoms with Gasteiger partial charge in [0, 0.05) is 11.8 Å². The molecule has 3 aromatic carbocycles. The molecule has 4 heteroatoms. The van der Waals surface area contributed by atoms with E-state index in [1.54, 1.807) is 12.1 Å². The Balaban J connectivity index is 1.65. The maximum absolute atomic E-state index is 14.5. The fourth-order valence-corrected chi connectivity index (χ4v) is 4.80. The third-order valence-electron chi connectivity index (χ3n) is 6.16. The maximum Gasteiger partial charge on any atom is 0.238 e. The highest BCUT2D eigenvalue weighted by Crippen LogP contribution is 2.50. The molecule has 0 N–H and O–H groups in total. The number of amides is 2. The lowest BCUT2D eigenvalue weighted by Crippen LogP contribution is -2.32. The number of rotatable bonds is 3. The Labute approximate surface area is 174 Å². The van der Waals surface area contributed by atoms with Crippen molar-refractivity contribution in [3.63, 3.8) is 0 Å². The number of benzene rings is 3. The highest BCUT2D eigenvalue weighted by atomic mass is 19.1. The first-order valence-corrected chi connectivity index (χ1v) is 10.1. The van der Waals surface area contributed by atoms with Crippen molar-refractivity contribution in [1.82, 2.24) is 0 Å². The second kappa shape index (κ2) is 7.38. The first-order valence-electron chi connectivity index (χ1n) is 10.1. The number of nitrogens with zero attached hydrogens (tertiary/aromatic N) is 1. The quantitative estimate of drug-likeness (QED) is 0.457. The first kappa shape index (κ1) is 18.5. The molecule has 1 saturated heterocycles. The summed E-state index contributed by atoms with van der Waals surface area (Å²) in [4.78, 5) is 28.2. The molecule has 1 heterocycles. The number of carbonyl (C=O) groups is 2. The SMILES string of the molecule is O=C1[C@@H]2[C@H](C(=O)N1c1ccccc1F)[C@H](c1ccccc1)C=C[C@@H]2c1ccccc1. The Kier molecular flexibility index (Phi) is 4.55. The second-order valence-corrected chi connectivity index (χ2v) is 7.77. The van der Waals surface area contributed by atoms with Gasteiger partial charge in [-0.25, -0.2) is 9.29 Å². The van der Waals surface area contributed by atoms with Crippen LogP contribution < -0.4 is 4.90 Å². The molecule has 0 saturated carbocycles. The topological polar surface area (TPSA) is 37.4 Å². The van der Waals surface area contributed by atoms with E-state index < -0.39 is 17.7 Å². The molecule has 0 radical (unpaired) electrons. The lowest BCUT2D eigenvalue weighted by Gasteiger charge is -2.32. The van der Waals surface area contributed by atoms with Crippen molar-refractivity contribution in [1.29, 1.82) is 0 Å². The number of fused-ring (bicyclic) bond motifs is 1. The molecule has 4 atom stereocenters. The van der Waals surface area contributed by atoms with Crippen LogP contribution in [0.3, 0.4) is 0 Å². The maximum atomic E-state index is 14.5. The molecular weight excluding hydrogens is 377 g/mol. The zero-order valence-electron chi connectivity index (χ0n) is 16.2. The lowest BCUT2D eigenvalue weighted by atomic mass is 9.68. The number of carbonyl (C=O) groups excluding carboxylic acids is 2. The van der Waals surface area contributed by atoms with Gasteiger partial charge in [0.05, 0.1) is 17.5 Å². The van der Waals surface area contributed by atoms with Crippen molar-refractivity contribution in [3.8, 4) is 0 Å². The van der Waals surface area contributed by atoms with E-state index in [0.29, 0.717) is 0 Å². The fraction of sp³-hybridized carbons (Fsp3) is 0.154. The van der Waals surface area contributed by atoms with E-state index >= 15 is 0 Å². The Morgan fingerprint density at radius 2 is 1.03 bits per heavy atom. The third-order valence-corrected chi connectivity index (χ3v) is 6.16. The van der Waals surface area contributed by atoms with Crippen molar-refractivity contribution in [3.05, 3.63) is 114 Å². The van der Waals surface area contributed by atoms with Gasteiger partial charge in [-0.05, 0) is 23.3 Å². The number of anilines is 1. The summed E-state index contributed by atoms with van der Waals surface area (Å²) in [7, 11) is 0. The van der Waals surface area contributed by atoms with Gasteiger partial charge in [-0.3, -0.25) is 9.59 Å². The number of hydrogen-bond donors (Lipinski definition) is 0. The van der Waals surface area contributed by atoms with E-state index in [2.05, 4.69) is 0 Å². The predicted octanol–water partition coefficient (Wildman–Crippen LogP) is 5.07. The lowest BCUT2D eigenvalue weighted by molar-refractivity contribution is -0.122. The van der Waals surface area contributed by atoms with Crippen molar-refractivity contribution >= 4 is 17.5 Å². The summed E-state index contributed by atoms with van der Waals surface area (Å²) in [6.45, 7) is 0. The van der Waals surface area contributed by atoms with E-state index in [1.165, 1.54) is 12.1 Å². The van der Waals surface area contributed by atoms with E-state index in [0.717, 1.165) is 16.0 Å². The van der Waals surface area contributed by atoms with Gasteiger partial charge in [-0.15, -0.1) is 0 Å². The highest BCUT2D eigenvalue weighted by molar-refractivity contribution is 6.23. The van der Waals surface area contributed by atoms with Crippen LogP contribution in [-0.4, -0.2) is 11.8 Å². The van der Waals surface area contributed by atoms with E-state index in [4.69, 9.17) is 0 Å². The van der Waals surface area contributed by atoms with E-state index in [-0.39, 0.29) is 29.3 Å². The molecule has 0 aromatic heterocycles. The molecule has 2 aliphatic rings. The van der Waals surface area contributed by atoms with Gasteiger partial charge in [-0.1, -0.05) is 84.9 Å². The Morgan fingerprint density at radius 3 is 1.50 bits per heavy atom. The zero-order valence-corrected chi connectivity index (χ0v) is 16.2. The summed E-state index contributed by atoms with van der Waals surface area (Å²) in [5.74, 6) is -2.86. The smallest absolute Gasteiger partial charge is 0.238 e. The van der Waals surface area contributed by atoms with Crippen LogP contribution in [0.15, 0.2) is 97.1 Å². The molecule has 1 fully saturated rings. The number of imide groups is 1. The average molecular weight is 397 g/mol. The van der Waals surface area contributed by atoms with E-state index in [1.807, 2.05) is 72.8 Å². The van der Waals surface area contributed by atoms with Crippen LogP contribution >= 0.6 is 0 Å². The monoisotopic (exact) mass is 397 g/mol. The largest absolute Gasteiger partial charge is 0.274 e. The van der Waals surface area contributed by atoms with Crippen molar-refractivity contribution in [2.75, 3.05) is 4.90 Å². The first-order chi connectivity index (χ1) is 14.7. The standard InChI is InChI=1S/C26H20FNO2/c27-21-13-7-8-14-22(21)28-25(29)23-19(17-9-3-1-4-10-17)15-16-20(24(23)26(28)30)18-11-5-2-6-12-18/h1-16,19-20,23-24H/t19-,20+,23+,24-. The van der Waals surface area contributed by atoms with Gasteiger partial charge in [0.25, 0.3) is 0 Å². The molecule has 2 amide bonds. The van der Waals surface area contributed by atoms with Gasteiger partial charge in [0.2, 0.25) is 11.8 Å². The third kappa shape index (κ3) is 2.88. The van der Waals surface area contributed by atoms with Crippen LogP contribution in [-0.2, 0) is 9.59 Å². The Bertz CT molecular complexity index is 1060. The number of hydrogen-bond acceptors (Lipinski definition) is 2. The summed E-state index contributed by atoms with van der Waals surface area (Å²) >= 11 is 0. The Hall–Kier alpha value is -3.53. The number of halogens is 1. The normalized spacial score (nSPS) is 25.4. The van der Waals surface area contributed by atoms with Crippen molar-refractivity contribution < 1.29 is 14.0 Å². The fourth-order valence-electron chi connectivity index (χ4n) is 4.80. The van der Waals surface area contributed by atoms with Crippen LogP contribution in [0.2, 0.25) is 0 Å². The summed E-state index contributed by atoms with van der Waals surface area (Å²) in [5.41, 5.74) is 1.99. The molecule has 30 heavy (non-hydrogen) atoms. The van der Waals surface area contributed by atoms with Crippen LogP contribution in [0.5, 0.6) is 0 Å². The van der Waals surface area contributed by atoms with Crippen molar-refractivity contribution in [2.24, 2.45) is 11.8 Å². The molecule has 148 valence electrons. The minimum atomic E-state index is -0.574. The molecule has 3 aromatic rings. The Morgan fingerprint density at radius 1 is 0.600 bits per heavy atom. The summed E-state index contributed by atoms with van der Waals surface area (Å²) in [6, 6.07) is 25.4. The van der Waals surface area contributed by atoms with Crippen LogP contribution in [0, 0.1) is 17.7 Å². The summed E-state index contributed by atoms with van der Waals surface area (Å²) in [6.07, 6.45) is 4.06. The molecule has 0 bridgehead atoms.